The fraction of sp³-hybridized carbons (Fsp3) is 0.0682. The Bertz CT molecular complexity index is 2450. The van der Waals surface area contributed by atoms with Crippen molar-refractivity contribution in [3.8, 4) is 44.6 Å². The van der Waals surface area contributed by atoms with Crippen molar-refractivity contribution in [3.63, 3.8) is 0 Å². The molecule has 1 aliphatic carbocycles. The van der Waals surface area contributed by atoms with Gasteiger partial charge in [0.25, 0.3) is 0 Å². The Labute approximate surface area is 263 Å². The third kappa shape index (κ3) is 3.90. The number of pyridine rings is 1. The topological polar surface area (TPSA) is 12.9 Å². The molecule has 0 saturated heterocycles. The van der Waals surface area contributed by atoms with Crippen LogP contribution < -0.4 is 0 Å². The molecule has 0 atom stereocenters. The lowest BCUT2D eigenvalue weighted by molar-refractivity contribution is 0.660. The minimum Gasteiger partial charge on any atom is -0.256 e. The fourth-order valence-electron chi connectivity index (χ4n) is 7.70. The Morgan fingerprint density at radius 2 is 1.07 bits per heavy atom. The molecule has 0 spiro atoms. The zero-order valence-electron chi connectivity index (χ0n) is 25.4. The second-order valence-corrected chi connectivity index (χ2v) is 12.8. The van der Waals surface area contributed by atoms with Crippen LogP contribution in [0.4, 0.5) is 0 Å². The van der Waals surface area contributed by atoms with Gasteiger partial charge in [-0.2, -0.15) is 0 Å². The molecule has 0 unspecified atom stereocenters. The van der Waals surface area contributed by atoms with Crippen LogP contribution in [0.15, 0.2) is 152 Å². The van der Waals surface area contributed by atoms with Gasteiger partial charge in [-0.1, -0.05) is 129 Å². The summed E-state index contributed by atoms with van der Waals surface area (Å²) in [4.78, 5) is 4.85. The number of hydrogen-bond acceptors (Lipinski definition) is 1. The third-order valence-corrected chi connectivity index (χ3v) is 9.90. The van der Waals surface area contributed by atoms with Crippen LogP contribution in [-0.2, 0) is 5.41 Å². The van der Waals surface area contributed by atoms with E-state index in [1.54, 1.807) is 0 Å². The SMILES string of the molecule is CC1(C)c2ccccc2-c2cc(-c3c4ccccc4c(-c4ccccn4)c4ccc(-c5ccc6ccccc6c5)cc34)ccc21. The monoisotopic (exact) mass is 573 g/mol. The summed E-state index contributed by atoms with van der Waals surface area (Å²) in [6, 6.07) is 53.5. The Morgan fingerprint density at radius 1 is 0.422 bits per heavy atom. The minimum atomic E-state index is -0.0271. The van der Waals surface area contributed by atoms with E-state index in [2.05, 4.69) is 153 Å². The predicted molar refractivity (Wildman–Crippen MR) is 191 cm³/mol. The number of fused-ring (bicyclic) bond motifs is 6. The van der Waals surface area contributed by atoms with Gasteiger partial charge in [0, 0.05) is 17.2 Å². The minimum absolute atomic E-state index is 0.0271. The molecule has 7 aromatic carbocycles. The maximum atomic E-state index is 4.85. The standard InChI is InChI=1S/C44H31N/c1-44(2)39-16-8-7-13-33(39)37-27-32(21-23-40(37)44)42-34-14-5-6-15-35(34)43(41-17-9-10-24-45-41)36-22-20-31(26-38(36)42)30-19-18-28-11-3-4-12-29(28)25-30/h3-27H,1-2H3. The first-order valence-electron chi connectivity index (χ1n) is 15.7. The van der Waals surface area contributed by atoms with Crippen molar-refractivity contribution in [1.82, 2.24) is 4.98 Å². The highest BCUT2D eigenvalue weighted by molar-refractivity contribution is 6.21. The zero-order valence-corrected chi connectivity index (χ0v) is 25.4. The summed E-state index contributed by atoms with van der Waals surface area (Å²) in [5, 5.41) is 7.43. The second-order valence-electron chi connectivity index (χ2n) is 12.8. The number of rotatable bonds is 3. The molecule has 9 rings (SSSR count). The molecular formula is C44H31N. The van der Waals surface area contributed by atoms with E-state index >= 15 is 0 Å². The van der Waals surface area contributed by atoms with Gasteiger partial charge in [0.2, 0.25) is 0 Å². The van der Waals surface area contributed by atoms with Crippen molar-refractivity contribution in [2.45, 2.75) is 19.3 Å². The normalized spacial score (nSPS) is 13.3. The predicted octanol–water partition coefficient (Wildman–Crippen LogP) is 11.8. The van der Waals surface area contributed by atoms with Crippen LogP contribution in [0.1, 0.15) is 25.0 Å². The van der Waals surface area contributed by atoms with Crippen molar-refractivity contribution >= 4 is 32.3 Å². The molecule has 0 aliphatic heterocycles. The second kappa shape index (κ2) is 9.74. The molecule has 1 aliphatic rings. The Balaban J connectivity index is 1.38. The van der Waals surface area contributed by atoms with Crippen LogP contribution in [0.3, 0.4) is 0 Å². The highest BCUT2D eigenvalue weighted by atomic mass is 14.7. The van der Waals surface area contributed by atoms with Gasteiger partial charge in [0.1, 0.15) is 0 Å². The van der Waals surface area contributed by atoms with E-state index in [4.69, 9.17) is 4.98 Å². The molecule has 0 amide bonds. The molecule has 0 fully saturated rings. The van der Waals surface area contributed by atoms with Gasteiger partial charge >= 0.3 is 0 Å². The molecule has 1 aromatic heterocycles. The lowest BCUT2D eigenvalue weighted by Crippen LogP contribution is -2.14. The first kappa shape index (κ1) is 25.9. The number of benzene rings is 7. The van der Waals surface area contributed by atoms with Crippen molar-refractivity contribution in [3.05, 3.63) is 163 Å². The van der Waals surface area contributed by atoms with E-state index in [1.807, 2.05) is 12.3 Å². The van der Waals surface area contributed by atoms with E-state index in [0.29, 0.717) is 0 Å². The third-order valence-electron chi connectivity index (χ3n) is 9.90. The average Bonchev–Trinajstić information content (AvgIpc) is 3.32. The average molecular weight is 574 g/mol. The van der Waals surface area contributed by atoms with Gasteiger partial charge in [-0.15, -0.1) is 0 Å². The Hall–Kier alpha value is -5.53. The van der Waals surface area contributed by atoms with Crippen molar-refractivity contribution in [2.75, 3.05) is 0 Å². The quantitative estimate of drug-likeness (QED) is 0.192. The van der Waals surface area contributed by atoms with Crippen LogP contribution >= 0.6 is 0 Å². The number of hydrogen-bond donors (Lipinski definition) is 0. The molecule has 1 nitrogen and oxygen atoms in total. The van der Waals surface area contributed by atoms with Gasteiger partial charge < -0.3 is 0 Å². The first-order valence-corrected chi connectivity index (χ1v) is 15.7. The molecule has 0 bridgehead atoms. The maximum Gasteiger partial charge on any atom is 0.0714 e. The van der Waals surface area contributed by atoms with Gasteiger partial charge in [0.15, 0.2) is 0 Å². The van der Waals surface area contributed by atoms with Gasteiger partial charge in [0.05, 0.1) is 5.69 Å². The molecule has 1 heterocycles. The van der Waals surface area contributed by atoms with Crippen LogP contribution in [0.2, 0.25) is 0 Å². The lowest BCUT2D eigenvalue weighted by Gasteiger charge is -2.22. The van der Waals surface area contributed by atoms with Crippen molar-refractivity contribution < 1.29 is 0 Å². The van der Waals surface area contributed by atoms with Crippen molar-refractivity contribution in [1.29, 1.82) is 0 Å². The largest absolute Gasteiger partial charge is 0.256 e. The smallest absolute Gasteiger partial charge is 0.0714 e. The van der Waals surface area contributed by atoms with E-state index in [0.717, 1.165) is 5.69 Å². The van der Waals surface area contributed by atoms with Crippen LogP contribution in [0, 0.1) is 0 Å². The summed E-state index contributed by atoms with van der Waals surface area (Å²) in [5.41, 5.74) is 12.6. The summed E-state index contributed by atoms with van der Waals surface area (Å²) in [5.74, 6) is 0. The van der Waals surface area contributed by atoms with Gasteiger partial charge in [-0.25, -0.2) is 0 Å². The van der Waals surface area contributed by atoms with E-state index in [1.165, 1.54) is 82.4 Å². The number of aromatic nitrogens is 1. The molecular weight excluding hydrogens is 542 g/mol. The zero-order chi connectivity index (χ0) is 30.1. The number of nitrogens with zero attached hydrogens (tertiary/aromatic N) is 1. The van der Waals surface area contributed by atoms with Crippen LogP contribution in [0.5, 0.6) is 0 Å². The van der Waals surface area contributed by atoms with E-state index < -0.39 is 0 Å². The van der Waals surface area contributed by atoms with E-state index in [9.17, 15) is 0 Å². The summed E-state index contributed by atoms with van der Waals surface area (Å²) in [6.07, 6.45) is 1.90. The molecule has 0 radical (unpaired) electrons. The first-order chi connectivity index (χ1) is 22.1. The molecule has 45 heavy (non-hydrogen) atoms. The molecule has 0 saturated carbocycles. The summed E-state index contributed by atoms with van der Waals surface area (Å²) in [6.45, 7) is 4.69. The lowest BCUT2D eigenvalue weighted by atomic mass is 9.81. The molecule has 0 N–H and O–H groups in total. The Kier molecular flexibility index (Phi) is 5.61. The molecule has 8 aromatic rings. The fourth-order valence-corrected chi connectivity index (χ4v) is 7.70. The summed E-state index contributed by atoms with van der Waals surface area (Å²) >= 11 is 0. The molecule has 1 heteroatoms. The van der Waals surface area contributed by atoms with Crippen LogP contribution in [0.25, 0.3) is 77.0 Å². The van der Waals surface area contributed by atoms with Gasteiger partial charge in [-0.3, -0.25) is 4.98 Å². The van der Waals surface area contributed by atoms with Crippen LogP contribution in [-0.4, -0.2) is 4.98 Å². The maximum absolute atomic E-state index is 4.85. The molecule has 212 valence electrons. The van der Waals surface area contributed by atoms with E-state index in [-0.39, 0.29) is 5.41 Å². The summed E-state index contributed by atoms with van der Waals surface area (Å²) in [7, 11) is 0. The summed E-state index contributed by atoms with van der Waals surface area (Å²) < 4.78 is 0. The highest BCUT2D eigenvalue weighted by Gasteiger charge is 2.35. The van der Waals surface area contributed by atoms with Crippen molar-refractivity contribution in [2.24, 2.45) is 0 Å². The van der Waals surface area contributed by atoms with Gasteiger partial charge in [-0.05, 0) is 107 Å². The highest BCUT2D eigenvalue weighted by Crippen LogP contribution is 2.51. The Morgan fingerprint density at radius 3 is 1.91 bits per heavy atom.